The first-order chi connectivity index (χ1) is 16.7. The number of carbonyl (C=O) groups excluding carboxylic acids is 1. The van der Waals surface area contributed by atoms with Gasteiger partial charge in [-0.2, -0.15) is 0 Å². The Bertz CT molecular complexity index is 1180. The Hall–Kier alpha value is -2.97. The van der Waals surface area contributed by atoms with Gasteiger partial charge >= 0.3 is 0 Å². The molecule has 2 aromatic heterocycles. The predicted octanol–water partition coefficient (Wildman–Crippen LogP) is 3.92. The van der Waals surface area contributed by atoms with E-state index in [1.54, 1.807) is 0 Å². The molecule has 0 radical (unpaired) electrons. The largest absolute Gasteiger partial charge is 0.490 e. The van der Waals surface area contributed by atoms with Crippen LogP contribution in [0.1, 0.15) is 59.3 Å². The van der Waals surface area contributed by atoms with Crippen molar-refractivity contribution in [2.75, 3.05) is 32.8 Å². The number of halogens is 1. The number of piperidine rings is 1. The number of likely N-dealkylation sites (tertiary alicyclic amines) is 1. The van der Waals surface area contributed by atoms with Crippen LogP contribution in [0.4, 0.5) is 4.39 Å². The second kappa shape index (κ2) is 9.00. The molecule has 0 unspecified atom stereocenters. The van der Waals surface area contributed by atoms with E-state index in [1.165, 1.54) is 6.20 Å². The fraction of sp³-hybridized carbons (Fsp3) is 0.462. The SMILES string of the molecule is O=C(c1ccc(OC2CC2)cc1)N1CCC(c2c(F)cnc3[nH]c([C@@H]4CNCCO4)cc23)CC1. The van der Waals surface area contributed by atoms with Crippen LogP contribution in [-0.4, -0.2) is 59.7 Å². The maximum absolute atomic E-state index is 15.0. The molecule has 34 heavy (non-hydrogen) atoms. The standard InChI is InChI=1S/C26H29FN4O3/c27-21-14-29-25-20(13-22(30-25)23-15-28-9-12-33-23)24(21)16-7-10-31(11-8-16)26(32)17-1-3-18(4-2-17)34-19-5-6-19/h1-4,13-14,16,19,23,28H,5-12,15H2,(H,29,30)/t23-/m0/s1. The topological polar surface area (TPSA) is 79.5 Å². The summed E-state index contributed by atoms with van der Waals surface area (Å²) in [6.45, 7) is 3.40. The lowest BCUT2D eigenvalue weighted by molar-refractivity contribution is 0.0254. The number of carbonyl (C=O) groups is 1. The van der Waals surface area contributed by atoms with E-state index < -0.39 is 0 Å². The van der Waals surface area contributed by atoms with Gasteiger partial charge < -0.3 is 24.7 Å². The maximum atomic E-state index is 15.0. The zero-order chi connectivity index (χ0) is 23.1. The average molecular weight is 465 g/mol. The monoisotopic (exact) mass is 464 g/mol. The normalized spacial score (nSPS) is 21.7. The number of fused-ring (bicyclic) bond motifs is 1. The van der Waals surface area contributed by atoms with E-state index in [0.29, 0.717) is 55.4 Å². The van der Waals surface area contributed by atoms with Crippen molar-refractivity contribution in [1.82, 2.24) is 20.2 Å². The summed E-state index contributed by atoms with van der Waals surface area (Å²) in [5, 5.41) is 4.15. The quantitative estimate of drug-likeness (QED) is 0.598. The number of nitrogens with one attached hydrogen (secondary N) is 2. The lowest BCUT2D eigenvalue weighted by atomic mass is 9.87. The molecule has 1 amide bonds. The third-order valence-corrected chi connectivity index (χ3v) is 7.07. The number of rotatable bonds is 5. The van der Waals surface area contributed by atoms with Crippen LogP contribution in [-0.2, 0) is 4.74 Å². The number of benzene rings is 1. The number of H-pyrrole nitrogens is 1. The highest BCUT2D eigenvalue weighted by molar-refractivity contribution is 5.94. The maximum Gasteiger partial charge on any atom is 0.253 e. The Morgan fingerprint density at radius 3 is 2.65 bits per heavy atom. The minimum absolute atomic E-state index is 0.0163. The molecule has 2 aliphatic heterocycles. The minimum atomic E-state index is -0.281. The van der Waals surface area contributed by atoms with E-state index in [2.05, 4.69) is 15.3 Å². The predicted molar refractivity (Wildman–Crippen MR) is 126 cm³/mol. The van der Waals surface area contributed by atoms with Crippen LogP contribution in [0.5, 0.6) is 5.75 Å². The summed E-state index contributed by atoms with van der Waals surface area (Å²) in [7, 11) is 0. The van der Waals surface area contributed by atoms with Gasteiger partial charge in [0.1, 0.15) is 23.3 Å². The van der Waals surface area contributed by atoms with E-state index in [4.69, 9.17) is 9.47 Å². The molecule has 4 heterocycles. The van der Waals surface area contributed by atoms with Gasteiger partial charge in [0.05, 0.1) is 18.9 Å². The van der Waals surface area contributed by atoms with Crippen molar-refractivity contribution in [3.8, 4) is 5.75 Å². The van der Waals surface area contributed by atoms with Gasteiger partial charge in [-0.05, 0) is 61.9 Å². The molecule has 1 saturated carbocycles. The highest BCUT2D eigenvalue weighted by Gasteiger charge is 2.29. The first-order valence-corrected chi connectivity index (χ1v) is 12.2. The fourth-order valence-electron chi connectivity index (χ4n) is 5.05. The Morgan fingerprint density at radius 2 is 1.94 bits per heavy atom. The first kappa shape index (κ1) is 21.6. The smallest absolute Gasteiger partial charge is 0.253 e. The summed E-state index contributed by atoms with van der Waals surface area (Å²) in [6, 6.07) is 9.40. The number of nitrogens with zero attached hydrogens (tertiary/aromatic N) is 2. The molecule has 1 atom stereocenters. The fourth-order valence-corrected chi connectivity index (χ4v) is 5.05. The molecule has 3 fully saturated rings. The minimum Gasteiger partial charge on any atom is -0.490 e. The van der Waals surface area contributed by atoms with Gasteiger partial charge in [0.2, 0.25) is 0 Å². The van der Waals surface area contributed by atoms with Gasteiger partial charge in [-0.15, -0.1) is 0 Å². The third kappa shape index (κ3) is 4.28. The molecule has 2 saturated heterocycles. The van der Waals surface area contributed by atoms with Crippen molar-refractivity contribution in [1.29, 1.82) is 0 Å². The highest BCUT2D eigenvalue weighted by Crippen LogP contribution is 2.36. The van der Waals surface area contributed by atoms with Crippen molar-refractivity contribution in [3.05, 3.63) is 59.2 Å². The molecule has 3 aromatic rings. The van der Waals surface area contributed by atoms with Crippen molar-refractivity contribution < 1.29 is 18.7 Å². The number of hydrogen-bond acceptors (Lipinski definition) is 5. The summed E-state index contributed by atoms with van der Waals surface area (Å²) < 4.78 is 26.6. The van der Waals surface area contributed by atoms with Crippen LogP contribution in [0, 0.1) is 5.82 Å². The summed E-state index contributed by atoms with van der Waals surface area (Å²) in [5.41, 5.74) is 2.97. The molecule has 2 N–H and O–H groups in total. The van der Waals surface area contributed by atoms with E-state index in [0.717, 1.165) is 42.8 Å². The first-order valence-electron chi connectivity index (χ1n) is 12.2. The van der Waals surface area contributed by atoms with Crippen LogP contribution >= 0.6 is 0 Å². The van der Waals surface area contributed by atoms with Crippen molar-refractivity contribution in [2.24, 2.45) is 0 Å². The molecular weight excluding hydrogens is 435 g/mol. The lowest BCUT2D eigenvalue weighted by Gasteiger charge is -2.32. The van der Waals surface area contributed by atoms with Gasteiger partial charge in [-0.1, -0.05) is 0 Å². The zero-order valence-electron chi connectivity index (χ0n) is 19.1. The highest BCUT2D eigenvalue weighted by atomic mass is 19.1. The Morgan fingerprint density at radius 1 is 1.15 bits per heavy atom. The summed E-state index contributed by atoms with van der Waals surface area (Å²) >= 11 is 0. The Kier molecular flexibility index (Phi) is 5.71. The van der Waals surface area contributed by atoms with Gasteiger partial charge in [-0.3, -0.25) is 4.79 Å². The van der Waals surface area contributed by atoms with Gasteiger partial charge in [0.25, 0.3) is 5.91 Å². The van der Waals surface area contributed by atoms with Crippen LogP contribution in [0.2, 0.25) is 0 Å². The van der Waals surface area contributed by atoms with Gasteiger partial charge in [0.15, 0.2) is 0 Å². The third-order valence-electron chi connectivity index (χ3n) is 7.07. The Labute approximate surface area is 197 Å². The van der Waals surface area contributed by atoms with Crippen molar-refractivity contribution >= 4 is 16.9 Å². The van der Waals surface area contributed by atoms with Crippen LogP contribution < -0.4 is 10.1 Å². The molecular formula is C26H29FN4O3. The Balaban J connectivity index is 1.15. The second-order valence-corrected chi connectivity index (χ2v) is 9.48. The van der Waals surface area contributed by atoms with Gasteiger partial charge in [-0.25, -0.2) is 9.37 Å². The van der Waals surface area contributed by atoms with Gasteiger partial charge in [0, 0.05) is 48.4 Å². The summed E-state index contributed by atoms with van der Waals surface area (Å²) in [5.74, 6) is 0.590. The molecule has 6 rings (SSSR count). The number of aromatic nitrogens is 2. The number of morpholine rings is 1. The summed E-state index contributed by atoms with van der Waals surface area (Å²) in [6.07, 6.45) is 5.20. The molecule has 1 aliphatic carbocycles. The molecule has 7 nitrogen and oxygen atoms in total. The van der Waals surface area contributed by atoms with E-state index in [9.17, 15) is 9.18 Å². The van der Waals surface area contributed by atoms with Crippen LogP contribution in [0.3, 0.4) is 0 Å². The van der Waals surface area contributed by atoms with Crippen molar-refractivity contribution in [3.63, 3.8) is 0 Å². The van der Waals surface area contributed by atoms with Crippen LogP contribution in [0.25, 0.3) is 11.0 Å². The van der Waals surface area contributed by atoms with E-state index in [-0.39, 0.29) is 23.7 Å². The average Bonchev–Trinajstić information content (AvgIpc) is 3.59. The number of ether oxygens (including phenoxy) is 2. The van der Waals surface area contributed by atoms with Crippen LogP contribution in [0.15, 0.2) is 36.5 Å². The lowest BCUT2D eigenvalue weighted by Crippen LogP contribution is -2.38. The zero-order valence-corrected chi connectivity index (χ0v) is 19.1. The number of hydrogen-bond donors (Lipinski definition) is 2. The van der Waals surface area contributed by atoms with E-state index in [1.807, 2.05) is 35.2 Å². The molecule has 8 heteroatoms. The molecule has 1 aromatic carbocycles. The number of pyridine rings is 1. The van der Waals surface area contributed by atoms with E-state index >= 15 is 0 Å². The molecule has 178 valence electrons. The molecule has 0 spiro atoms. The molecule has 0 bridgehead atoms. The number of aromatic amines is 1. The van der Waals surface area contributed by atoms with Crippen molar-refractivity contribution in [2.45, 2.75) is 43.8 Å². The summed E-state index contributed by atoms with van der Waals surface area (Å²) in [4.78, 5) is 22.5. The second-order valence-electron chi connectivity index (χ2n) is 9.48. The molecule has 3 aliphatic rings. The number of amides is 1.